The van der Waals surface area contributed by atoms with E-state index in [-0.39, 0.29) is 0 Å². The summed E-state index contributed by atoms with van der Waals surface area (Å²) < 4.78 is 0. The van der Waals surface area contributed by atoms with Gasteiger partial charge in [-0.1, -0.05) is 194 Å². The van der Waals surface area contributed by atoms with E-state index in [0.717, 1.165) is 0 Å². The molecule has 0 radical (unpaired) electrons. The van der Waals surface area contributed by atoms with Crippen LogP contribution in [0, 0.1) is 0 Å². The summed E-state index contributed by atoms with van der Waals surface area (Å²) in [7, 11) is 0. The van der Waals surface area contributed by atoms with Crippen LogP contribution >= 0.6 is 0 Å². The first kappa shape index (κ1) is 30.1. The number of hydrogen-bond donors (Lipinski definition) is 0. The molecule has 0 aliphatic rings. The molecule has 0 atom stereocenters. The Morgan fingerprint density at radius 2 is 0.615 bits per heavy atom. The van der Waals surface area contributed by atoms with Crippen molar-refractivity contribution >= 4 is 43.1 Å². The second kappa shape index (κ2) is 12.5. The standard InChI is InChI=1S/C52H34/c1-2-13-41-33-43(32-27-35(41)11-1)37-25-30-40(31-26-37)51-47-18-5-7-20-49(47)52(50-21-8-6-19-48(50)51)44-16-9-15-42(34-44)36-23-28-39(29-24-36)46-22-10-14-38-12-3-4-17-45(38)46/h1-34H. The molecule has 0 N–H and O–H groups in total. The van der Waals surface area contributed by atoms with Gasteiger partial charge in [0, 0.05) is 0 Å². The van der Waals surface area contributed by atoms with Gasteiger partial charge in [-0.2, -0.15) is 0 Å². The fourth-order valence-corrected chi connectivity index (χ4v) is 8.12. The average Bonchev–Trinajstić information content (AvgIpc) is 3.22. The van der Waals surface area contributed by atoms with Gasteiger partial charge in [0.05, 0.1) is 0 Å². The van der Waals surface area contributed by atoms with Gasteiger partial charge in [0.2, 0.25) is 0 Å². The van der Waals surface area contributed by atoms with Crippen LogP contribution in [-0.4, -0.2) is 0 Å². The summed E-state index contributed by atoms with van der Waals surface area (Å²) in [6.45, 7) is 0. The summed E-state index contributed by atoms with van der Waals surface area (Å²) in [6.07, 6.45) is 0. The van der Waals surface area contributed by atoms with Crippen molar-refractivity contribution in [3.63, 3.8) is 0 Å². The lowest BCUT2D eigenvalue weighted by molar-refractivity contribution is 1.60. The molecule has 242 valence electrons. The molecular formula is C52H34. The summed E-state index contributed by atoms with van der Waals surface area (Å²) >= 11 is 0. The first-order valence-corrected chi connectivity index (χ1v) is 18.0. The summed E-state index contributed by atoms with van der Waals surface area (Å²) in [5, 5.41) is 10.1. The molecule has 0 heteroatoms. The van der Waals surface area contributed by atoms with Crippen LogP contribution < -0.4 is 0 Å². The Balaban J connectivity index is 1.06. The van der Waals surface area contributed by atoms with E-state index in [1.807, 2.05) is 0 Å². The lowest BCUT2D eigenvalue weighted by Crippen LogP contribution is -1.91. The highest BCUT2D eigenvalue weighted by Crippen LogP contribution is 2.44. The topological polar surface area (TPSA) is 0 Å². The third-order valence-corrected chi connectivity index (χ3v) is 10.7. The molecule has 0 heterocycles. The van der Waals surface area contributed by atoms with Crippen molar-refractivity contribution in [3.05, 3.63) is 206 Å². The molecule has 0 aromatic heterocycles. The molecule has 0 amide bonds. The third-order valence-electron chi connectivity index (χ3n) is 10.7. The first-order chi connectivity index (χ1) is 25.8. The molecule has 10 rings (SSSR count). The smallest absolute Gasteiger partial charge is 0.00262 e. The summed E-state index contributed by atoms with van der Waals surface area (Å²) in [5.74, 6) is 0. The second-order valence-corrected chi connectivity index (χ2v) is 13.7. The third kappa shape index (κ3) is 5.16. The zero-order valence-electron chi connectivity index (χ0n) is 28.6. The van der Waals surface area contributed by atoms with E-state index in [1.165, 1.54) is 98.7 Å². The first-order valence-electron chi connectivity index (χ1n) is 18.0. The molecule has 52 heavy (non-hydrogen) atoms. The molecule has 0 spiro atoms. The molecule has 10 aromatic rings. The number of fused-ring (bicyclic) bond motifs is 4. The van der Waals surface area contributed by atoms with Crippen LogP contribution in [0.25, 0.3) is 98.7 Å². The zero-order valence-corrected chi connectivity index (χ0v) is 28.6. The van der Waals surface area contributed by atoms with Crippen molar-refractivity contribution in [2.75, 3.05) is 0 Å². The van der Waals surface area contributed by atoms with Gasteiger partial charge in [0.25, 0.3) is 0 Å². The van der Waals surface area contributed by atoms with E-state index in [9.17, 15) is 0 Å². The lowest BCUT2D eigenvalue weighted by atomic mass is 9.85. The van der Waals surface area contributed by atoms with E-state index in [2.05, 4.69) is 206 Å². The number of hydrogen-bond acceptors (Lipinski definition) is 0. The van der Waals surface area contributed by atoms with E-state index in [0.29, 0.717) is 0 Å². The molecule has 0 aliphatic carbocycles. The molecule has 0 bridgehead atoms. The fraction of sp³-hybridized carbons (Fsp3) is 0. The zero-order chi connectivity index (χ0) is 34.4. The van der Waals surface area contributed by atoms with E-state index >= 15 is 0 Å². The highest BCUT2D eigenvalue weighted by Gasteiger charge is 2.17. The molecule has 0 nitrogen and oxygen atoms in total. The van der Waals surface area contributed by atoms with Crippen molar-refractivity contribution in [1.82, 2.24) is 0 Å². The summed E-state index contributed by atoms with van der Waals surface area (Å²) in [6, 6.07) is 75.5. The van der Waals surface area contributed by atoms with Crippen LogP contribution in [0.15, 0.2) is 206 Å². The summed E-state index contributed by atoms with van der Waals surface area (Å²) in [4.78, 5) is 0. The SMILES string of the molecule is c1cc(-c2ccc(-c3cccc4ccccc34)cc2)cc(-c2c3ccccc3c(-c3ccc(-c4ccc5ccccc5c4)cc3)c3ccccc23)c1. The fourth-order valence-electron chi connectivity index (χ4n) is 8.12. The summed E-state index contributed by atoms with van der Waals surface area (Å²) in [5.41, 5.74) is 12.4. The van der Waals surface area contributed by atoms with E-state index in [1.54, 1.807) is 0 Å². The molecule has 0 saturated carbocycles. The predicted octanol–water partition coefficient (Wildman–Crippen LogP) is 14.6. The average molecular weight is 659 g/mol. The minimum Gasteiger partial charge on any atom is -0.0616 e. The van der Waals surface area contributed by atoms with Crippen LogP contribution in [-0.2, 0) is 0 Å². The maximum absolute atomic E-state index is 2.36. The minimum atomic E-state index is 1.21. The van der Waals surface area contributed by atoms with Crippen LogP contribution in [0.4, 0.5) is 0 Å². The highest BCUT2D eigenvalue weighted by atomic mass is 14.2. The van der Waals surface area contributed by atoms with Gasteiger partial charge < -0.3 is 0 Å². The Morgan fingerprint density at radius 3 is 1.27 bits per heavy atom. The molecule has 0 fully saturated rings. The van der Waals surface area contributed by atoms with Gasteiger partial charge in [0.15, 0.2) is 0 Å². The Bertz CT molecular complexity index is 2870. The molecule has 0 saturated heterocycles. The largest absolute Gasteiger partial charge is 0.0616 e. The van der Waals surface area contributed by atoms with Gasteiger partial charge in [-0.05, 0) is 111 Å². The van der Waals surface area contributed by atoms with Gasteiger partial charge in [-0.15, -0.1) is 0 Å². The van der Waals surface area contributed by atoms with Gasteiger partial charge in [0.1, 0.15) is 0 Å². The number of benzene rings is 10. The van der Waals surface area contributed by atoms with Crippen LogP contribution in [0.1, 0.15) is 0 Å². The van der Waals surface area contributed by atoms with Gasteiger partial charge >= 0.3 is 0 Å². The molecule has 0 unspecified atom stereocenters. The van der Waals surface area contributed by atoms with Gasteiger partial charge in [-0.3, -0.25) is 0 Å². The van der Waals surface area contributed by atoms with Crippen LogP contribution in [0.3, 0.4) is 0 Å². The van der Waals surface area contributed by atoms with Crippen LogP contribution in [0.5, 0.6) is 0 Å². The van der Waals surface area contributed by atoms with Crippen molar-refractivity contribution in [1.29, 1.82) is 0 Å². The van der Waals surface area contributed by atoms with Crippen molar-refractivity contribution in [2.45, 2.75) is 0 Å². The Morgan fingerprint density at radius 1 is 0.192 bits per heavy atom. The molecule has 10 aromatic carbocycles. The van der Waals surface area contributed by atoms with Crippen molar-refractivity contribution < 1.29 is 0 Å². The second-order valence-electron chi connectivity index (χ2n) is 13.7. The van der Waals surface area contributed by atoms with Crippen molar-refractivity contribution in [3.8, 4) is 55.6 Å². The maximum Gasteiger partial charge on any atom is -0.00262 e. The van der Waals surface area contributed by atoms with E-state index in [4.69, 9.17) is 0 Å². The lowest BCUT2D eigenvalue weighted by Gasteiger charge is -2.18. The molecular weight excluding hydrogens is 625 g/mol. The van der Waals surface area contributed by atoms with E-state index < -0.39 is 0 Å². The van der Waals surface area contributed by atoms with Gasteiger partial charge in [-0.25, -0.2) is 0 Å². The Labute approximate surface area is 303 Å². The number of rotatable bonds is 5. The Kier molecular flexibility index (Phi) is 7.25. The maximum atomic E-state index is 2.36. The van der Waals surface area contributed by atoms with Crippen LogP contribution in [0.2, 0.25) is 0 Å². The van der Waals surface area contributed by atoms with Crippen molar-refractivity contribution in [2.24, 2.45) is 0 Å². The normalized spacial score (nSPS) is 11.5. The molecule has 0 aliphatic heterocycles. The quantitative estimate of drug-likeness (QED) is 0.161. The monoisotopic (exact) mass is 658 g/mol. The highest BCUT2D eigenvalue weighted by molar-refractivity contribution is 6.21. The Hall–Kier alpha value is -6.76. The minimum absolute atomic E-state index is 1.21. The predicted molar refractivity (Wildman–Crippen MR) is 224 cm³/mol.